The van der Waals surface area contributed by atoms with Crippen LogP contribution in [-0.2, 0) is 11.2 Å². The smallest absolute Gasteiger partial charge is 0.226 e. The van der Waals surface area contributed by atoms with Gasteiger partial charge in [0, 0.05) is 31.3 Å². The highest BCUT2D eigenvalue weighted by Gasteiger charge is 2.33. The van der Waals surface area contributed by atoms with Gasteiger partial charge in [-0.05, 0) is 69.1 Å². The Balaban J connectivity index is 1.29. The van der Waals surface area contributed by atoms with Crippen molar-refractivity contribution in [1.82, 2.24) is 15.0 Å². The van der Waals surface area contributed by atoms with Gasteiger partial charge in [0.1, 0.15) is 0 Å². The summed E-state index contributed by atoms with van der Waals surface area (Å²) in [7, 11) is 0. The van der Waals surface area contributed by atoms with Crippen molar-refractivity contribution in [2.24, 2.45) is 23.7 Å². The normalized spacial score (nSPS) is 30.0. The summed E-state index contributed by atoms with van der Waals surface area (Å²) >= 11 is 0. The van der Waals surface area contributed by atoms with E-state index < -0.39 is 0 Å². The minimum absolute atomic E-state index is 0.258. The van der Waals surface area contributed by atoms with Crippen LogP contribution in [0.1, 0.15) is 82.8 Å². The highest BCUT2D eigenvalue weighted by molar-refractivity contribution is 5.79. The van der Waals surface area contributed by atoms with Crippen LogP contribution < -0.4 is 0 Å². The quantitative estimate of drug-likeness (QED) is 0.791. The first-order valence-corrected chi connectivity index (χ1v) is 10.7. The monoisotopic (exact) mass is 359 g/mol. The molecular formula is C21H33N3O2. The van der Waals surface area contributed by atoms with E-state index >= 15 is 0 Å². The summed E-state index contributed by atoms with van der Waals surface area (Å²) in [6.45, 7) is 6.42. The van der Waals surface area contributed by atoms with E-state index in [4.69, 9.17) is 4.52 Å². The van der Waals surface area contributed by atoms with E-state index in [1.807, 2.05) is 0 Å². The summed E-state index contributed by atoms with van der Waals surface area (Å²) in [6.07, 6.45) is 10.1. The zero-order chi connectivity index (χ0) is 18.1. The lowest BCUT2D eigenvalue weighted by atomic mass is 9.76. The first kappa shape index (κ1) is 18.0. The molecule has 144 valence electrons. The number of nitrogens with zero attached hydrogens (tertiary/aromatic N) is 3. The third-order valence-electron chi connectivity index (χ3n) is 6.78. The molecule has 1 amide bonds. The van der Waals surface area contributed by atoms with E-state index in [1.54, 1.807) is 0 Å². The van der Waals surface area contributed by atoms with Gasteiger partial charge in [-0.1, -0.05) is 19.0 Å². The SMILES string of the molecule is CC(C)C1CCC(C(=O)N2CCCC(Cc3nc(C4CC4)no3)C2)CC1. The van der Waals surface area contributed by atoms with Gasteiger partial charge in [-0.2, -0.15) is 4.98 Å². The Morgan fingerprint density at radius 1 is 1.15 bits per heavy atom. The van der Waals surface area contributed by atoms with Crippen molar-refractivity contribution in [3.63, 3.8) is 0 Å². The van der Waals surface area contributed by atoms with Crippen molar-refractivity contribution in [3.8, 4) is 0 Å². The molecule has 1 unspecified atom stereocenters. The molecule has 2 saturated carbocycles. The summed E-state index contributed by atoms with van der Waals surface area (Å²) in [4.78, 5) is 19.7. The average Bonchev–Trinajstić information content (AvgIpc) is 3.41. The number of piperidine rings is 1. The lowest BCUT2D eigenvalue weighted by molar-refractivity contribution is -0.138. The molecule has 5 nitrogen and oxygen atoms in total. The van der Waals surface area contributed by atoms with Gasteiger partial charge in [0.15, 0.2) is 5.82 Å². The molecular weight excluding hydrogens is 326 g/mol. The number of aromatic nitrogens is 2. The van der Waals surface area contributed by atoms with Crippen molar-refractivity contribution in [1.29, 1.82) is 0 Å². The number of hydrogen-bond acceptors (Lipinski definition) is 4. The van der Waals surface area contributed by atoms with Crippen molar-refractivity contribution >= 4 is 5.91 Å². The molecule has 1 aromatic heterocycles. The Bertz CT molecular complexity index is 615. The maximum Gasteiger partial charge on any atom is 0.226 e. The van der Waals surface area contributed by atoms with Crippen LogP contribution in [0.3, 0.4) is 0 Å². The topological polar surface area (TPSA) is 59.2 Å². The van der Waals surface area contributed by atoms with E-state index in [-0.39, 0.29) is 5.92 Å². The van der Waals surface area contributed by atoms with E-state index in [1.165, 1.54) is 25.7 Å². The summed E-state index contributed by atoms with van der Waals surface area (Å²) in [5.41, 5.74) is 0. The van der Waals surface area contributed by atoms with Gasteiger partial charge in [0.05, 0.1) is 0 Å². The van der Waals surface area contributed by atoms with Crippen LogP contribution >= 0.6 is 0 Å². The van der Waals surface area contributed by atoms with Crippen LogP contribution in [0.2, 0.25) is 0 Å². The summed E-state index contributed by atoms with van der Waals surface area (Å²) in [5.74, 6) is 4.89. The molecule has 3 fully saturated rings. The summed E-state index contributed by atoms with van der Waals surface area (Å²) in [6, 6.07) is 0. The van der Waals surface area contributed by atoms with Crippen molar-refractivity contribution in [2.45, 2.75) is 77.6 Å². The minimum atomic E-state index is 0.258. The Labute approximate surface area is 156 Å². The first-order chi connectivity index (χ1) is 12.6. The van der Waals surface area contributed by atoms with Crippen molar-refractivity contribution in [2.75, 3.05) is 13.1 Å². The third kappa shape index (κ3) is 4.12. The molecule has 0 bridgehead atoms. The maximum atomic E-state index is 13.0. The number of hydrogen-bond donors (Lipinski definition) is 0. The van der Waals surface area contributed by atoms with Crippen LogP contribution in [0.25, 0.3) is 0 Å². The summed E-state index contributed by atoms with van der Waals surface area (Å²) in [5, 5.41) is 4.13. The van der Waals surface area contributed by atoms with Crippen LogP contribution in [0, 0.1) is 23.7 Å². The molecule has 0 spiro atoms. The molecule has 0 radical (unpaired) electrons. The molecule has 1 aromatic rings. The fraction of sp³-hybridized carbons (Fsp3) is 0.857. The average molecular weight is 360 g/mol. The number of rotatable bonds is 5. The zero-order valence-electron chi connectivity index (χ0n) is 16.3. The maximum absolute atomic E-state index is 13.0. The second-order valence-corrected chi connectivity index (χ2v) is 9.17. The van der Waals surface area contributed by atoms with E-state index in [0.29, 0.717) is 17.7 Å². The molecule has 1 atom stereocenters. The third-order valence-corrected chi connectivity index (χ3v) is 6.78. The molecule has 2 aliphatic carbocycles. The zero-order valence-corrected chi connectivity index (χ0v) is 16.3. The standard InChI is InChI=1S/C21H33N3O2/c1-14(2)16-5-9-18(10-6-16)21(25)24-11-3-4-15(13-24)12-19-22-20(23-26-19)17-7-8-17/h14-18H,3-13H2,1-2H3. The van der Waals surface area contributed by atoms with Crippen molar-refractivity contribution < 1.29 is 9.32 Å². The predicted octanol–water partition coefficient (Wildman–Crippen LogP) is 4.19. The van der Waals surface area contributed by atoms with Crippen LogP contribution in [0.4, 0.5) is 0 Å². The fourth-order valence-corrected chi connectivity index (χ4v) is 4.83. The van der Waals surface area contributed by atoms with Crippen LogP contribution in [0.5, 0.6) is 0 Å². The van der Waals surface area contributed by atoms with E-state index in [0.717, 1.165) is 68.7 Å². The van der Waals surface area contributed by atoms with E-state index in [2.05, 4.69) is 28.9 Å². The molecule has 0 aromatic carbocycles. The largest absolute Gasteiger partial charge is 0.342 e. The fourth-order valence-electron chi connectivity index (χ4n) is 4.83. The van der Waals surface area contributed by atoms with E-state index in [9.17, 15) is 4.79 Å². The Hall–Kier alpha value is -1.39. The van der Waals surface area contributed by atoms with Gasteiger partial charge >= 0.3 is 0 Å². The Morgan fingerprint density at radius 3 is 2.62 bits per heavy atom. The number of likely N-dealkylation sites (tertiary alicyclic amines) is 1. The molecule has 1 aliphatic heterocycles. The minimum Gasteiger partial charge on any atom is -0.342 e. The number of carbonyl (C=O) groups excluding carboxylic acids is 1. The van der Waals surface area contributed by atoms with Crippen LogP contribution in [-0.4, -0.2) is 34.0 Å². The lowest BCUT2D eigenvalue weighted by Gasteiger charge is -2.37. The lowest BCUT2D eigenvalue weighted by Crippen LogP contribution is -2.44. The van der Waals surface area contributed by atoms with Gasteiger partial charge in [-0.15, -0.1) is 0 Å². The summed E-state index contributed by atoms with van der Waals surface area (Å²) < 4.78 is 5.45. The van der Waals surface area contributed by atoms with Gasteiger partial charge < -0.3 is 9.42 Å². The predicted molar refractivity (Wildman–Crippen MR) is 99.6 cm³/mol. The molecule has 0 N–H and O–H groups in total. The Kier molecular flexibility index (Phi) is 5.32. The Morgan fingerprint density at radius 2 is 1.92 bits per heavy atom. The molecule has 1 saturated heterocycles. The van der Waals surface area contributed by atoms with Gasteiger partial charge in [0.2, 0.25) is 11.8 Å². The first-order valence-electron chi connectivity index (χ1n) is 10.7. The van der Waals surface area contributed by atoms with Crippen LogP contribution in [0.15, 0.2) is 4.52 Å². The van der Waals surface area contributed by atoms with Gasteiger partial charge in [-0.3, -0.25) is 4.79 Å². The van der Waals surface area contributed by atoms with Gasteiger partial charge in [-0.25, -0.2) is 0 Å². The molecule has 2 heterocycles. The second-order valence-electron chi connectivity index (χ2n) is 9.17. The molecule has 26 heavy (non-hydrogen) atoms. The highest BCUT2D eigenvalue weighted by atomic mass is 16.5. The van der Waals surface area contributed by atoms with Gasteiger partial charge in [0.25, 0.3) is 0 Å². The number of amides is 1. The molecule has 4 rings (SSSR count). The molecule has 3 aliphatic rings. The molecule has 5 heteroatoms. The second kappa shape index (κ2) is 7.69. The number of carbonyl (C=O) groups is 1. The van der Waals surface area contributed by atoms with Crippen molar-refractivity contribution in [3.05, 3.63) is 11.7 Å². The highest BCUT2D eigenvalue weighted by Crippen LogP contribution is 2.38.